The third-order valence-corrected chi connectivity index (χ3v) is 5.35. The SMILES string of the molecule is CCNC(=O)[C@]12CCC[C@](CO)(C1)OC2(CC)CC. The van der Waals surface area contributed by atoms with Crippen LogP contribution in [0.5, 0.6) is 0 Å². The summed E-state index contributed by atoms with van der Waals surface area (Å²) in [4.78, 5) is 12.7. The molecule has 1 heterocycles. The van der Waals surface area contributed by atoms with Gasteiger partial charge in [-0.25, -0.2) is 0 Å². The first kappa shape index (κ1) is 14.8. The molecule has 1 amide bonds. The molecule has 19 heavy (non-hydrogen) atoms. The van der Waals surface area contributed by atoms with Crippen LogP contribution in [-0.4, -0.2) is 35.4 Å². The van der Waals surface area contributed by atoms with Gasteiger partial charge >= 0.3 is 0 Å². The lowest BCUT2D eigenvalue weighted by molar-refractivity contribution is -0.156. The normalized spacial score (nSPS) is 36.2. The van der Waals surface area contributed by atoms with E-state index in [0.717, 1.165) is 32.1 Å². The second kappa shape index (κ2) is 5.06. The maximum atomic E-state index is 12.7. The van der Waals surface area contributed by atoms with Crippen LogP contribution in [0.15, 0.2) is 0 Å². The molecule has 0 radical (unpaired) electrons. The Balaban J connectivity index is 2.44. The summed E-state index contributed by atoms with van der Waals surface area (Å²) in [5, 5.41) is 12.8. The van der Waals surface area contributed by atoms with Crippen molar-refractivity contribution in [1.82, 2.24) is 5.32 Å². The molecular formula is C15H27NO3. The van der Waals surface area contributed by atoms with Crippen LogP contribution in [-0.2, 0) is 9.53 Å². The zero-order valence-electron chi connectivity index (χ0n) is 12.4. The molecule has 0 spiro atoms. The topological polar surface area (TPSA) is 58.6 Å². The van der Waals surface area contributed by atoms with Crippen LogP contribution in [0.3, 0.4) is 0 Å². The molecule has 2 aliphatic rings. The molecule has 1 aliphatic carbocycles. The molecule has 4 heteroatoms. The lowest BCUT2D eigenvalue weighted by atomic mass is 9.60. The van der Waals surface area contributed by atoms with Crippen molar-refractivity contribution in [3.05, 3.63) is 0 Å². The molecule has 2 atom stereocenters. The van der Waals surface area contributed by atoms with E-state index < -0.39 is 16.6 Å². The van der Waals surface area contributed by atoms with Crippen molar-refractivity contribution in [2.24, 2.45) is 5.41 Å². The second-order valence-corrected chi connectivity index (χ2v) is 6.12. The van der Waals surface area contributed by atoms with Crippen LogP contribution in [0, 0.1) is 5.41 Å². The van der Waals surface area contributed by atoms with Crippen LogP contribution < -0.4 is 5.32 Å². The van der Waals surface area contributed by atoms with Gasteiger partial charge in [-0.2, -0.15) is 0 Å². The predicted molar refractivity (Wildman–Crippen MR) is 73.8 cm³/mol. The van der Waals surface area contributed by atoms with Gasteiger partial charge in [-0.1, -0.05) is 13.8 Å². The average molecular weight is 269 g/mol. The van der Waals surface area contributed by atoms with Gasteiger partial charge in [-0.05, 0) is 45.4 Å². The molecule has 2 bridgehead atoms. The van der Waals surface area contributed by atoms with Crippen LogP contribution >= 0.6 is 0 Å². The molecule has 0 aromatic carbocycles. The highest BCUT2D eigenvalue weighted by Crippen LogP contribution is 2.61. The summed E-state index contributed by atoms with van der Waals surface area (Å²) in [6.45, 7) is 6.81. The summed E-state index contributed by atoms with van der Waals surface area (Å²) in [5.41, 5.74) is -1.35. The summed E-state index contributed by atoms with van der Waals surface area (Å²) in [7, 11) is 0. The fourth-order valence-electron chi connectivity index (χ4n) is 4.40. The van der Waals surface area contributed by atoms with E-state index in [0.29, 0.717) is 13.0 Å². The van der Waals surface area contributed by atoms with Crippen molar-refractivity contribution >= 4 is 5.91 Å². The van der Waals surface area contributed by atoms with Gasteiger partial charge in [0, 0.05) is 6.54 Å². The second-order valence-electron chi connectivity index (χ2n) is 6.12. The zero-order valence-corrected chi connectivity index (χ0v) is 12.4. The van der Waals surface area contributed by atoms with E-state index in [4.69, 9.17) is 4.74 Å². The number of aliphatic hydroxyl groups excluding tert-OH is 1. The number of rotatable bonds is 5. The van der Waals surface area contributed by atoms with Gasteiger partial charge < -0.3 is 15.2 Å². The molecule has 1 aliphatic heterocycles. The number of nitrogens with one attached hydrogen (secondary N) is 1. The van der Waals surface area contributed by atoms with Crippen molar-refractivity contribution in [1.29, 1.82) is 0 Å². The highest BCUT2D eigenvalue weighted by Gasteiger charge is 2.67. The number of ether oxygens (including phenoxy) is 1. The number of aliphatic hydroxyl groups is 1. The molecule has 2 N–H and O–H groups in total. The van der Waals surface area contributed by atoms with Gasteiger partial charge in [0.15, 0.2) is 0 Å². The number of hydrogen-bond acceptors (Lipinski definition) is 3. The summed E-state index contributed by atoms with van der Waals surface area (Å²) < 4.78 is 6.37. The quantitative estimate of drug-likeness (QED) is 0.802. The third kappa shape index (κ3) is 1.91. The Hall–Kier alpha value is -0.610. The Morgan fingerprint density at radius 2 is 1.95 bits per heavy atom. The minimum Gasteiger partial charge on any atom is -0.393 e. The Labute approximate surface area is 115 Å². The number of carbonyl (C=O) groups is 1. The number of carbonyl (C=O) groups excluding carboxylic acids is 1. The molecule has 0 aromatic rings. The van der Waals surface area contributed by atoms with E-state index in [2.05, 4.69) is 19.2 Å². The molecule has 1 saturated carbocycles. The van der Waals surface area contributed by atoms with Gasteiger partial charge in [0.1, 0.15) is 0 Å². The minimum atomic E-state index is -0.491. The highest BCUT2D eigenvalue weighted by molar-refractivity contribution is 5.85. The Kier molecular flexibility index (Phi) is 3.94. The van der Waals surface area contributed by atoms with Crippen molar-refractivity contribution in [3.8, 4) is 0 Å². The first-order chi connectivity index (χ1) is 9.03. The zero-order chi connectivity index (χ0) is 14.1. The van der Waals surface area contributed by atoms with Crippen LogP contribution in [0.25, 0.3) is 0 Å². The monoisotopic (exact) mass is 269 g/mol. The van der Waals surface area contributed by atoms with Gasteiger partial charge in [0.25, 0.3) is 0 Å². The first-order valence-electron chi connectivity index (χ1n) is 7.63. The molecule has 2 rings (SSSR count). The van der Waals surface area contributed by atoms with Gasteiger partial charge in [0.2, 0.25) is 5.91 Å². The van der Waals surface area contributed by atoms with E-state index in [1.54, 1.807) is 0 Å². The summed E-state index contributed by atoms with van der Waals surface area (Å²) in [6, 6.07) is 0. The van der Waals surface area contributed by atoms with E-state index in [-0.39, 0.29) is 12.5 Å². The van der Waals surface area contributed by atoms with Crippen molar-refractivity contribution < 1.29 is 14.6 Å². The van der Waals surface area contributed by atoms with Gasteiger partial charge in [-0.15, -0.1) is 0 Å². The van der Waals surface area contributed by atoms with Crippen molar-refractivity contribution in [2.45, 2.75) is 70.5 Å². The molecule has 2 fully saturated rings. The minimum absolute atomic E-state index is 0.0237. The molecule has 1 saturated heterocycles. The molecule has 0 aromatic heterocycles. The fourth-order valence-corrected chi connectivity index (χ4v) is 4.40. The van der Waals surface area contributed by atoms with Crippen LogP contribution in [0.4, 0.5) is 0 Å². The summed E-state index contributed by atoms with van der Waals surface area (Å²) >= 11 is 0. The van der Waals surface area contributed by atoms with E-state index in [9.17, 15) is 9.90 Å². The highest BCUT2D eigenvalue weighted by atomic mass is 16.5. The average Bonchev–Trinajstić information content (AvgIpc) is 2.65. The lowest BCUT2D eigenvalue weighted by Gasteiger charge is -2.42. The van der Waals surface area contributed by atoms with Crippen LogP contribution in [0.2, 0.25) is 0 Å². The molecule has 4 nitrogen and oxygen atoms in total. The van der Waals surface area contributed by atoms with Crippen molar-refractivity contribution in [3.63, 3.8) is 0 Å². The predicted octanol–water partition coefficient (Wildman–Crippen LogP) is 2.00. The Bertz CT molecular complexity index is 353. The summed E-state index contributed by atoms with van der Waals surface area (Å²) in [6.07, 6.45) is 5.02. The smallest absolute Gasteiger partial charge is 0.229 e. The molecule has 110 valence electrons. The Morgan fingerprint density at radius 3 is 2.47 bits per heavy atom. The van der Waals surface area contributed by atoms with Crippen LogP contribution in [0.1, 0.15) is 59.3 Å². The first-order valence-corrected chi connectivity index (χ1v) is 7.63. The number of hydrogen-bond donors (Lipinski definition) is 2. The lowest BCUT2D eigenvalue weighted by Crippen LogP contribution is -2.54. The van der Waals surface area contributed by atoms with Gasteiger partial charge in [-0.3, -0.25) is 4.79 Å². The largest absolute Gasteiger partial charge is 0.393 e. The molecular weight excluding hydrogens is 242 g/mol. The van der Waals surface area contributed by atoms with E-state index in [1.807, 2.05) is 6.92 Å². The standard InChI is InChI=1S/C15H27NO3/c1-4-15(5-2)14(12(18)16-6-3)9-7-8-13(10-14,11-17)19-15/h17H,4-11H2,1-3H3,(H,16,18)/t13-,14+/m1/s1. The van der Waals surface area contributed by atoms with E-state index in [1.165, 1.54) is 0 Å². The Morgan fingerprint density at radius 1 is 1.26 bits per heavy atom. The number of amides is 1. The van der Waals surface area contributed by atoms with E-state index >= 15 is 0 Å². The summed E-state index contributed by atoms with van der Waals surface area (Å²) in [5.74, 6) is 0.119. The van der Waals surface area contributed by atoms with Gasteiger partial charge in [0.05, 0.1) is 23.2 Å². The number of fused-ring (bicyclic) bond motifs is 2. The third-order valence-electron chi connectivity index (χ3n) is 5.35. The maximum Gasteiger partial charge on any atom is 0.229 e. The fraction of sp³-hybridized carbons (Fsp3) is 0.933. The maximum absolute atomic E-state index is 12.7. The molecule has 0 unspecified atom stereocenters. The van der Waals surface area contributed by atoms with Crippen molar-refractivity contribution in [2.75, 3.05) is 13.2 Å².